The van der Waals surface area contributed by atoms with Gasteiger partial charge < -0.3 is 9.94 Å². The van der Waals surface area contributed by atoms with E-state index in [0.717, 1.165) is 6.40 Å². The molecule has 0 rings (SSSR count). The first-order valence-corrected chi connectivity index (χ1v) is 1.80. The van der Waals surface area contributed by atoms with Crippen LogP contribution in [0, 0.1) is 0 Å². The summed E-state index contributed by atoms with van der Waals surface area (Å²) >= 11 is 0. The number of rotatable bonds is 3. The third-order valence-electron chi connectivity index (χ3n) is 0.336. The van der Waals surface area contributed by atoms with Crippen LogP contribution in [-0.4, -0.2) is 18.2 Å². The molecule has 1 N–H and O–H groups in total. The zero-order chi connectivity index (χ0) is 5.54. The Morgan fingerprint density at radius 1 is 1.86 bits per heavy atom. The minimum Gasteiger partial charge on any atom is -0.477 e. The largest absolute Gasteiger partial charge is 0.477 e. The van der Waals surface area contributed by atoms with E-state index >= 15 is 0 Å². The molecule has 0 aromatic carbocycles. The van der Waals surface area contributed by atoms with Crippen LogP contribution in [0.3, 0.4) is 0 Å². The first kappa shape index (κ1) is 6.01. The lowest BCUT2D eigenvalue weighted by Gasteiger charge is -1.86. The Morgan fingerprint density at radius 3 is 3.00 bits per heavy atom. The van der Waals surface area contributed by atoms with E-state index in [1.165, 1.54) is 0 Å². The summed E-state index contributed by atoms with van der Waals surface area (Å²) in [5.41, 5.74) is 0. The SMILES string of the molecule is C=CCOC=NO. The van der Waals surface area contributed by atoms with Crippen LogP contribution in [-0.2, 0) is 4.74 Å². The highest BCUT2D eigenvalue weighted by molar-refractivity contribution is 5.44. The van der Waals surface area contributed by atoms with Crippen LogP contribution < -0.4 is 0 Å². The number of nitrogens with zero attached hydrogens (tertiary/aromatic N) is 1. The molecule has 0 fully saturated rings. The number of hydrogen-bond acceptors (Lipinski definition) is 3. The van der Waals surface area contributed by atoms with Crippen LogP contribution >= 0.6 is 0 Å². The molecule has 0 aliphatic rings. The second-order valence-electron chi connectivity index (χ2n) is 0.843. The van der Waals surface area contributed by atoms with Gasteiger partial charge in [0.2, 0.25) is 6.40 Å². The lowest BCUT2D eigenvalue weighted by molar-refractivity contribution is 0.285. The normalized spacial score (nSPS) is 9.14. The van der Waals surface area contributed by atoms with Crippen molar-refractivity contribution in [3.8, 4) is 0 Å². The molecule has 0 aromatic rings. The summed E-state index contributed by atoms with van der Waals surface area (Å²) in [7, 11) is 0. The van der Waals surface area contributed by atoms with Crippen LogP contribution in [0.4, 0.5) is 0 Å². The third-order valence-corrected chi connectivity index (χ3v) is 0.336. The van der Waals surface area contributed by atoms with Gasteiger partial charge in [-0.25, -0.2) is 0 Å². The molecule has 0 heterocycles. The van der Waals surface area contributed by atoms with Crippen molar-refractivity contribution in [2.75, 3.05) is 6.61 Å². The zero-order valence-corrected chi connectivity index (χ0v) is 3.87. The average molecular weight is 101 g/mol. The first-order chi connectivity index (χ1) is 3.41. The summed E-state index contributed by atoms with van der Waals surface area (Å²) in [6, 6.07) is 0. The van der Waals surface area contributed by atoms with Crippen molar-refractivity contribution in [3.05, 3.63) is 12.7 Å². The molecule has 0 radical (unpaired) electrons. The minimum atomic E-state index is 0.379. The molecule has 0 saturated carbocycles. The molecule has 0 aliphatic heterocycles. The smallest absolute Gasteiger partial charge is 0.212 e. The molecule has 7 heavy (non-hydrogen) atoms. The second-order valence-corrected chi connectivity index (χ2v) is 0.843. The highest BCUT2D eigenvalue weighted by atomic mass is 16.5. The lowest BCUT2D eigenvalue weighted by atomic mass is 10.7. The number of oxime groups is 1. The summed E-state index contributed by atoms with van der Waals surface area (Å²) in [6.45, 7) is 3.74. The Bertz CT molecular complexity index is 70.1. The van der Waals surface area contributed by atoms with E-state index in [2.05, 4.69) is 16.5 Å². The molecule has 0 bridgehead atoms. The van der Waals surface area contributed by atoms with Gasteiger partial charge in [-0.3, -0.25) is 0 Å². The van der Waals surface area contributed by atoms with E-state index in [9.17, 15) is 0 Å². The Hall–Kier alpha value is -0.990. The van der Waals surface area contributed by atoms with Gasteiger partial charge in [0.15, 0.2) is 0 Å². The Morgan fingerprint density at radius 2 is 2.57 bits per heavy atom. The molecular formula is C4H7NO2. The van der Waals surface area contributed by atoms with Gasteiger partial charge in [-0.05, 0) is 0 Å². The summed E-state index contributed by atoms with van der Waals surface area (Å²) in [5, 5.41) is 10.3. The van der Waals surface area contributed by atoms with Crippen molar-refractivity contribution >= 4 is 6.40 Å². The fourth-order valence-electron chi connectivity index (χ4n) is 0.144. The van der Waals surface area contributed by atoms with E-state index in [0.29, 0.717) is 6.61 Å². The van der Waals surface area contributed by atoms with Crippen molar-refractivity contribution in [2.24, 2.45) is 5.16 Å². The summed E-state index contributed by atoms with van der Waals surface area (Å²) in [6.07, 6.45) is 2.50. The fourth-order valence-corrected chi connectivity index (χ4v) is 0.144. The van der Waals surface area contributed by atoms with E-state index in [1.54, 1.807) is 6.08 Å². The highest BCUT2D eigenvalue weighted by Gasteiger charge is 1.66. The summed E-state index contributed by atoms with van der Waals surface area (Å²) in [5.74, 6) is 0. The van der Waals surface area contributed by atoms with Gasteiger partial charge in [0.05, 0.1) is 0 Å². The standard InChI is InChI=1S/C4H7NO2/c1-2-3-7-4-5-6/h2,4,6H,1,3H2. The quantitative estimate of drug-likeness (QED) is 0.141. The topological polar surface area (TPSA) is 41.8 Å². The van der Waals surface area contributed by atoms with Crippen molar-refractivity contribution < 1.29 is 9.94 Å². The molecule has 3 nitrogen and oxygen atoms in total. The molecule has 0 unspecified atom stereocenters. The van der Waals surface area contributed by atoms with Gasteiger partial charge in [-0.15, -0.1) is 0 Å². The summed E-state index contributed by atoms with van der Waals surface area (Å²) < 4.78 is 4.47. The van der Waals surface area contributed by atoms with Gasteiger partial charge in [0.1, 0.15) is 6.61 Å². The van der Waals surface area contributed by atoms with Gasteiger partial charge in [-0.1, -0.05) is 17.8 Å². The van der Waals surface area contributed by atoms with Gasteiger partial charge in [0.25, 0.3) is 0 Å². The second kappa shape index (κ2) is 5.01. The molecule has 0 saturated heterocycles. The number of ether oxygens (including phenoxy) is 1. The maximum Gasteiger partial charge on any atom is 0.212 e. The lowest BCUT2D eigenvalue weighted by Crippen LogP contribution is -1.84. The zero-order valence-electron chi connectivity index (χ0n) is 3.87. The van der Waals surface area contributed by atoms with E-state index in [-0.39, 0.29) is 0 Å². The van der Waals surface area contributed by atoms with E-state index in [1.807, 2.05) is 0 Å². The molecule has 0 atom stereocenters. The molecule has 0 amide bonds. The maximum absolute atomic E-state index is 7.70. The van der Waals surface area contributed by atoms with Crippen LogP contribution in [0.2, 0.25) is 0 Å². The van der Waals surface area contributed by atoms with Crippen LogP contribution in [0.25, 0.3) is 0 Å². The van der Waals surface area contributed by atoms with Crippen molar-refractivity contribution in [1.29, 1.82) is 0 Å². The fraction of sp³-hybridized carbons (Fsp3) is 0.250. The van der Waals surface area contributed by atoms with Gasteiger partial charge >= 0.3 is 0 Å². The first-order valence-electron chi connectivity index (χ1n) is 1.80. The average Bonchev–Trinajstić information content (AvgIpc) is 1.69. The molecule has 0 spiro atoms. The molecule has 0 aliphatic carbocycles. The predicted molar refractivity (Wildman–Crippen MR) is 26.4 cm³/mol. The Labute approximate surface area is 41.9 Å². The van der Waals surface area contributed by atoms with E-state index < -0.39 is 0 Å². The van der Waals surface area contributed by atoms with E-state index in [4.69, 9.17) is 5.21 Å². The number of hydrogen-bond donors (Lipinski definition) is 1. The molecular weight excluding hydrogens is 94.0 g/mol. The highest BCUT2D eigenvalue weighted by Crippen LogP contribution is 1.65. The van der Waals surface area contributed by atoms with Gasteiger partial charge in [-0.2, -0.15) is 0 Å². The Balaban J connectivity index is 2.82. The van der Waals surface area contributed by atoms with Crippen LogP contribution in [0.1, 0.15) is 0 Å². The van der Waals surface area contributed by atoms with Crippen molar-refractivity contribution in [1.82, 2.24) is 0 Å². The molecule has 40 valence electrons. The third kappa shape index (κ3) is 5.01. The van der Waals surface area contributed by atoms with Gasteiger partial charge in [0, 0.05) is 0 Å². The maximum atomic E-state index is 7.70. The minimum absolute atomic E-state index is 0.379. The monoisotopic (exact) mass is 101 g/mol. The van der Waals surface area contributed by atoms with Crippen molar-refractivity contribution in [3.63, 3.8) is 0 Å². The van der Waals surface area contributed by atoms with Crippen LogP contribution in [0.5, 0.6) is 0 Å². The van der Waals surface area contributed by atoms with Crippen LogP contribution in [0.15, 0.2) is 17.8 Å². The predicted octanol–water partition coefficient (Wildman–Crippen LogP) is 0.607. The molecule has 3 heteroatoms. The molecule has 0 aromatic heterocycles. The van der Waals surface area contributed by atoms with Crippen molar-refractivity contribution in [2.45, 2.75) is 0 Å². The Kier molecular flexibility index (Phi) is 4.30. The summed E-state index contributed by atoms with van der Waals surface area (Å²) in [4.78, 5) is 0.